The van der Waals surface area contributed by atoms with Crippen LogP contribution in [0, 0.1) is 5.92 Å². The van der Waals surface area contributed by atoms with E-state index in [1.165, 1.54) is 4.88 Å². The fourth-order valence-corrected chi connectivity index (χ4v) is 4.09. The van der Waals surface area contributed by atoms with Gasteiger partial charge >= 0.3 is 0 Å². The second-order valence-electron chi connectivity index (χ2n) is 5.44. The van der Waals surface area contributed by atoms with Gasteiger partial charge in [0.25, 0.3) is 0 Å². The van der Waals surface area contributed by atoms with Crippen molar-refractivity contribution in [2.75, 3.05) is 29.9 Å². The van der Waals surface area contributed by atoms with Crippen LogP contribution in [0.5, 0.6) is 0 Å². The van der Waals surface area contributed by atoms with Gasteiger partial charge in [-0.3, -0.25) is 0 Å². The molecule has 0 aliphatic carbocycles. The van der Waals surface area contributed by atoms with Gasteiger partial charge in [-0.1, -0.05) is 0 Å². The Morgan fingerprint density at radius 2 is 2.36 bits per heavy atom. The Kier molecular flexibility index (Phi) is 5.28. The van der Waals surface area contributed by atoms with E-state index < -0.39 is 0 Å². The lowest BCUT2D eigenvalue weighted by Crippen LogP contribution is -2.37. The van der Waals surface area contributed by atoms with Crippen molar-refractivity contribution in [2.45, 2.75) is 19.4 Å². The maximum Gasteiger partial charge on any atom is 0.134 e. The van der Waals surface area contributed by atoms with Gasteiger partial charge in [0.15, 0.2) is 0 Å². The first-order valence-electron chi connectivity index (χ1n) is 7.40. The van der Waals surface area contributed by atoms with Crippen LogP contribution in [0.15, 0.2) is 28.3 Å². The zero-order valence-corrected chi connectivity index (χ0v) is 14.6. The monoisotopic (exact) mass is 382 g/mol. The molecule has 0 bridgehead atoms. The number of hydrogen-bond acceptors (Lipinski definition) is 6. The number of nitrogens with one attached hydrogen (secondary N) is 1. The summed E-state index contributed by atoms with van der Waals surface area (Å²) < 4.78 is 1.13. The first-order chi connectivity index (χ1) is 10.8. The van der Waals surface area contributed by atoms with Crippen LogP contribution in [0.2, 0.25) is 0 Å². The Bertz CT molecular complexity index is 621. The number of aliphatic hydroxyl groups is 1. The first-order valence-corrected chi connectivity index (χ1v) is 9.07. The predicted molar refractivity (Wildman–Crippen MR) is 93.4 cm³/mol. The molecule has 1 unspecified atom stereocenters. The number of halogens is 1. The molecule has 118 valence electrons. The van der Waals surface area contributed by atoms with Crippen LogP contribution in [-0.2, 0) is 6.54 Å². The second kappa shape index (κ2) is 7.39. The summed E-state index contributed by atoms with van der Waals surface area (Å²) in [6.07, 6.45) is 3.79. The van der Waals surface area contributed by atoms with Crippen molar-refractivity contribution in [3.63, 3.8) is 0 Å². The minimum Gasteiger partial charge on any atom is -0.396 e. The number of anilines is 2. The van der Waals surface area contributed by atoms with Crippen molar-refractivity contribution in [3.05, 3.63) is 33.2 Å². The second-order valence-corrected chi connectivity index (χ2v) is 7.30. The molecule has 1 atom stereocenters. The highest BCUT2D eigenvalue weighted by atomic mass is 79.9. The number of piperidine rings is 1. The van der Waals surface area contributed by atoms with Crippen LogP contribution in [0.1, 0.15) is 17.7 Å². The smallest absolute Gasteiger partial charge is 0.134 e. The van der Waals surface area contributed by atoms with E-state index in [1.54, 1.807) is 17.7 Å². The molecule has 0 saturated carbocycles. The molecular formula is C15H19BrN4OS. The van der Waals surface area contributed by atoms with Crippen molar-refractivity contribution in [2.24, 2.45) is 5.92 Å². The Morgan fingerprint density at radius 1 is 1.45 bits per heavy atom. The van der Waals surface area contributed by atoms with E-state index >= 15 is 0 Å². The molecule has 2 N–H and O–H groups in total. The molecule has 3 rings (SSSR count). The number of aliphatic hydroxyl groups excluding tert-OH is 1. The number of thiophene rings is 1. The summed E-state index contributed by atoms with van der Waals surface area (Å²) in [5, 5.41) is 14.8. The van der Waals surface area contributed by atoms with Crippen molar-refractivity contribution >= 4 is 38.9 Å². The number of nitrogens with zero attached hydrogens (tertiary/aromatic N) is 3. The standard InChI is InChI=1S/C15H19BrN4OS/c16-12-3-5-22-13(12)7-17-14-6-15(19-10-18-14)20-4-1-2-11(8-20)9-21/h3,5-6,10-11,21H,1-2,4,7-9H2,(H,17,18,19). The van der Waals surface area contributed by atoms with E-state index in [4.69, 9.17) is 0 Å². The molecule has 0 aromatic carbocycles. The lowest BCUT2D eigenvalue weighted by atomic mass is 9.99. The summed E-state index contributed by atoms with van der Waals surface area (Å²) in [6.45, 7) is 2.85. The van der Waals surface area contributed by atoms with E-state index in [0.29, 0.717) is 5.92 Å². The molecule has 22 heavy (non-hydrogen) atoms. The molecule has 2 aromatic rings. The fourth-order valence-electron chi connectivity index (χ4n) is 2.66. The summed E-state index contributed by atoms with van der Waals surface area (Å²) in [6, 6.07) is 4.04. The van der Waals surface area contributed by atoms with Gasteiger partial charge in [-0.2, -0.15) is 0 Å². The largest absolute Gasteiger partial charge is 0.396 e. The zero-order chi connectivity index (χ0) is 15.4. The number of hydrogen-bond donors (Lipinski definition) is 2. The quantitative estimate of drug-likeness (QED) is 0.831. The average Bonchev–Trinajstić information content (AvgIpc) is 2.98. The van der Waals surface area contributed by atoms with Crippen LogP contribution in [0.4, 0.5) is 11.6 Å². The summed E-state index contributed by atoms with van der Waals surface area (Å²) in [7, 11) is 0. The van der Waals surface area contributed by atoms with Crippen molar-refractivity contribution in [1.82, 2.24) is 9.97 Å². The normalized spacial score (nSPS) is 18.5. The molecule has 7 heteroatoms. The summed E-state index contributed by atoms with van der Waals surface area (Å²) in [5.74, 6) is 2.11. The summed E-state index contributed by atoms with van der Waals surface area (Å²) >= 11 is 5.25. The van der Waals surface area contributed by atoms with Gasteiger partial charge in [-0.25, -0.2) is 9.97 Å². The van der Waals surface area contributed by atoms with E-state index in [2.05, 4.69) is 47.6 Å². The van der Waals surface area contributed by atoms with Crippen LogP contribution >= 0.6 is 27.3 Å². The minimum atomic E-state index is 0.249. The van der Waals surface area contributed by atoms with Crippen LogP contribution < -0.4 is 10.2 Å². The Labute approximate surface area is 142 Å². The number of rotatable bonds is 5. The highest BCUT2D eigenvalue weighted by Gasteiger charge is 2.20. The fraction of sp³-hybridized carbons (Fsp3) is 0.467. The maximum absolute atomic E-state index is 9.35. The highest BCUT2D eigenvalue weighted by Crippen LogP contribution is 2.25. The molecule has 0 spiro atoms. The van der Waals surface area contributed by atoms with Crippen LogP contribution in [0.3, 0.4) is 0 Å². The first kappa shape index (κ1) is 15.7. The third-order valence-electron chi connectivity index (χ3n) is 3.87. The average molecular weight is 383 g/mol. The third-order valence-corrected chi connectivity index (χ3v) is 5.80. The van der Waals surface area contributed by atoms with Crippen molar-refractivity contribution in [1.29, 1.82) is 0 Å². The Balaban J connectivity index is 1.66. The number of aromatic nitrogens is 2. The Morgan fingerprint density at radius 3 is 3.14 bits per heavy atom. The van der Waals surface area contributed by atoms with Gasteiger partial charge in [0.1, 0.15) is 18.0 Å². The molecule has 2 aromatic heterocycles. The molecule has 3 heterocycles. The van der Waals surface area contributed by atoms with E-state index in [0.717, 1.165) is 48.6 Å². The lowest BCUT2D eigenvalue weighted by Gasteiger charge is -2.32. The molecule has 0 amide bonds. The molecule has 1 aliphatic rings. The van der Waals surface area contributed by atoms with Gasteiger partial charge in [0.2, 0.25) is 0 Å². The lowest BCUT2D eigenvalue weighted by molar-refractivity contribution is 0.208. The molecule has 1 saturated heterocycles. The van der Waals surface area contributed by atoms with Gasteiger partial charge in [0.05, 0.1) is 6.54 Å². The molecular weight excluding hydrogens is 364 g/mol. The summed E-state index contributed by atoms with van der Waals surface area (Å²) in [5.41, 5.74) is 0. The maximum atomic E-state index is 9.35. The van der Waals surface area contributed by atoms with Crippen LogP contribution in [0.25, 0.3) is 0 Å². The summed E-state index contributed by atoms with van der Waals surface area (Å²) in [4.78, 5) is 12.2. The van der Waals surface area contributed by atoms with E-state index in [1.807, 2.05) is 6.07 Å². The van der Waals surface area contributed by atoms with Gasteiger partial charge in [-0.15, -0.1) is 11.3 Å². The molecule has 1 fully saturated rings. The van der Waals surface area contributed by atoms with Crippen molar-refractivity contribution < 1.29 is 5.11 Å². The minimum absolute atomic E-state index is 0.249. The molecule has 0 radical (unpaired) electrons. The zero-order valence-electron chi connectivity index (χ0n) is 12.2. The highest BCUT2D eigenvalue weighted by molar-refractivity contribution is 9.10. The van der Waals surface area contributed by atoms with Gasteiger partial charge in [-0.05, 0) is 46.1 Å². The molecule has 1 aliphatic heterocycles. The Hall–Kier alpha value is -1.18. The van der Waals surface area contributed by atoms with Gasteiger partial charge in [0, 0.05) is 35.1 Å². The van der Waals surface area contributed by atoms with E-state index in [-0.39, 0.29) is 6.61 Å². The van der Waals surface area contributed by atoms with Crippen LogP contribution in [-0.4, -0.2) is 34.8 Å². The van der Waals surface area contributed by atoms with E-state index in [9.17, 15) is 5.11 Å². The topological polar surface area (TPSA) is 61.3 Å². The van der Waals surface area contributed by atoms with Crippen molar-refractivity contribution in [3.8, 4) is 0 Å². The molecule has 5 nitrogen and oxygen atoms in total. The SMILES string of the molecule is OCC1CCCN(c2cc(NCc3sccc3Br)ncn2)C1. The van der Waals surface area contributed by atoms with Gasteiger partial charge < -0.3 is 15.3 Å². The third kappa shape index (κ3) is 3.77. The predicted octanol–water partition coefficient (Wildman–Crippen LogP) is 3.12.